The van der Waals surface area contributed by atoms with E-state index in [2.05, 4.69) is 20.9 Å². The largest absolute Gasteiger partial charge is 0.465 e. The van der Waals surface area contributed by atoms with Gasteiger partial charge in [0, 0.05) is 9.85 Å². The Hall–Kier alpha value is -1.21. The fraction of sp³-hybridized carbons (Fsp3) is 0.300. The Kier molecular flexibility index (Phi) is 3.58. The maximum atomic E-state index is 12.0. The Morgan fingerprint density at radius 2 is 2.41 bits per heavy atom. The average Bonchev–Trinajstić information content (AvgIpc) is 2.65. The van der Waals surface area contributed by atoms with Gasteiger partial charge in [0.2, 0.25) is 0 Å². The second-order valence-electron chi connectivity index (χ2n) is 3.25. The zero-order valence-electron chi connectivity index (χ0n) is 8.97. The molecule has 90 valence electrons. The molecule has 0 aromatic carbocycles. The molecule has 2 aromatic rings. The van der Waals surface area contributed by atoms with Gasteiger partial charge in [-0.1, -0.05) is 0 Å². The molecule has 5 nitrogen and oxygen atoms in total. The molecule has 0 amide bonds. The maximum Gasteiger partial charge on any atom is 0.326 e. The zero-order valence-corrected chi connectivity index (χ0v) is 11.4. The van der Waals surface area contributed by atoms with Crippen molar-refractivity contribution in [3.8, 4) is 0 Å². The Balaban J connectivity index is 2.42. The number of esters is 1. The van der Waals surface area contributed by atoms with Crippen molar-refractivity contribution in [2.45, 2.75) is 13.5 Å². The van der Waals surface area contributed by atoms with E-state index in [9.17, 15) is 9.59 Å². The molecule has 0 atom stereocenters. The molecule has 0 saturated carbocycles. The van der Waals surface area contributed by atoms with Crippen LogP contribution in [0.4, 0.5) is 0 Å². The first-order valence-corrected chi connectivity index (χ1v) is 6.58. The third kappa shape index (κ3) is 2.39. The van der Waals surface area contributed by atoms with Crippen LogP contribution >= 0.6 is 27.3 Å². The summed E-state index contributed by atoms with van der Waals surface area (Å²) in [6.07, 6.45) is 1.37. The summed E-state index contributed by atoms with van der Waals surface area (Å²) < 4.78 is 6.74. The lowest BCUT2D eigenvalue weighted by atomic mass is 10.4. The first-order valence-electron chi connectivity index (χ1n) is 4.91. The molecule has 2 rings (SSSR count). The van der Waals surface area contributed by atoms with Crippen molar-refractivity contribution >= 4 is 43.5 Å². The third-order valence-corrected chi connectivity index (χ3v) is 3.94. The monoisotopic (exact) mass is 316 g/mol. The van der Waals surface area contributed by atoms with Gasteiger partial charge in [-0.05, 0) is 22.9 Å². The second kappa shape index (κ2) is 4.97. The number of aromatic nitrogens is 2. The van der Waals surface area contributed by atoms with E-state index in [1.54, 1.807) is 12.3 Å². The first kappa shape index (κ1) is 12.3. The van der Waals surface area contributed by atoms with Crippen LogP contribution in [0.15, 0.2) is 21.0 Å². The molecule has 2 aromatic heterocycles. The van der Waals surface area contributed by atoms with Crippen LogP contribution in [-0.2, 0) is 16.1 Å². The van der Waals surface area contributed by atoms with Crippen molar-refractivity contribution < 1.29 is 9.53 Å². The number of hydrogen-bond donors (Lipinski definition) is 0. The van der Waals surface area contributed by atoms with Crippen LogP contribution < -0.4 is 5.56 Å². The number of fused-ring (bicyclic) bond motifs is 1. The SMILES string of the molecule is CCOC(=O)Cn1cnc2scc(Br)c2c1=O. The highest BCUT2D eigenvalue weighted by Crippen LogP contribution is 2.25. The summed E-state index contributed by atoms with van der Waals surface area (Å²) in [6, 6.07) is 0. The van der Waals surface area contributed by atoms with E-state index in [1.807, 2.05) is 0 Å². The predicted octanol–water partition coefficient (Wildman–Crippen LogP) is 1.78. The smallest absolute Gasteiger partial charge is 0.326 e. The zero-order chi connectivity index (χ0) is 12.4. The molecule has 7 heteroatoms. The Bertz CT molecular complexity index is 620. The summed E-state index contributed by atoms with van der Waals surface area (Å²) in [5.41, 5.74) is -0.240. The van der Waals surface area contributed by atoms with Crippen LogP contribution in [0.25, 0.3) is 10.2 Å². The minimum atomic E-state index is -0.442. The van der Waals surface area contributed by atoms with E-state index >= 15 is 0 Å². The number of rotatable bonds is 3. The summed E-state index contributed by atoms with van der Waals surface area (Å²) in [5.74, 6) is -0.442. The van der Waals surface area contributed by atoms with Gasteiger partial charge in [0.25, 0.3) is 5.56 Å². The van der Waals surface area contributed by atoms with Crippen molar-refractivity contribution in [2.75, 3.05) is 6.61 Å². The summed E-state index contributed by atoms with van der Waals surface area (Å²) in [7, 11) is 0. The number of halogens is 1. The van der Waals surface area contributed by atoms with Gasteiger partial charge < -0.3 is 4.74 Å². The maximum absolute atomic E-state index is 12.0. The van der Waals surface area contributed by atoms with Crippen LogP contribution in [0, 0.1) is 0 Å². The van der Waals surface area contributed by atoms with Crippen molar-refractivity contribution in [3.63, 3.8) is 0 Å². The Labute approximate surface area is 109 Å². The average molecular weight is 317 g/mol. The van der Waals surface area contributed by atoms with E-state index in [0.717, 1.165) is 0 Å². The topological polar surface area (TPSA) is 61.2 Å². The van der Waals surface area contributed by atoms with Gasteiger partial charge in [0.15, 0.2) is 0 Å². The number of hydrogen-bond acceptors (Lipinski definition) is 5. The van der Waals surface area contributed by atoms with E-state index in [4.69, 9.17) is 4.74 Å². The molecule has 0 unspecified atom stereocenters. The summed E-state index contributed by atoms with van der Waals surface area (Å²) in [6.45, 7) is 1.90. The lowest BCUT2D eigenvalue weighted by molar-refractivity contribution is -0.143. The molecular formula is C10H9BrN2O3S. The number of nitrogens with zero attached hydrogens (tertiary/aromatic N) is 2. The minimum Gasteiger partial charge on any atom is -0.465 e. The van der Waals surface area contributed by atoms with Gasteiger partial charge in [-0.15, -0.1) is 11.3 Å². The number of carbonyl (C=O) groups is 1. The molecule has 0 bridgehead atoms. The number of thiophene rings is 1. The minimum absolute atomic E-state index is 0.113. The quantitative estimate of drug-likeness (QED) is 0.810. The highest BCUT2D eigenvalue weighted by molar-refractivity contribution is 9.10. The number of ether oxygens (including phenoxy) is 1. The van der Waals surface area contributed by atoms with E-state index in [0.29, 0.717) is 21.3 Å². The van der Waals surface area contributed by atoms with Crippen molar-refractivity contribution in [2.24, 2.45) is 0 Å². The molecule has 0 aliphatic heterocycles. The second-order valence-corrected chi connectivity index (χ2v) is 4.96. The first-order chi connectivity index (χ1) is 8.13. The van der Waals surface area contributed by atoms with Gasteiger partial charge in [-0.3, -0.25) is 14.2 Å². The lowest BCUT2D eigenvalue weighted by Gasteiger charge is -2.04. The summed E-state index contributed by atoms with van der Waals surface area (Å²) >= 11 is 4.67. The molecule has 17 heavy (non-hydrogen) atoms. The van der Waals surface area contributed by atoms with Crippen LogP contribution in [0.3, 0.4) is 0 Å². The molecule has 2 heterocycles. The highest BCUT2D eigenvalue weighted by Gasteiger charge is 2.12. The van der Waals surface area contributed by atoms with E-state index in [1.165, 1.54) is 22.2 Å². The van der Waals surface area contributed by atoms with Gasteiger partial charge >= 0.3 is 5.97 Å². The molecule has 0 aliphatic rings. The number of carbonyl (C=O) groups excluding carboxylic acids is 1. The molecular weight excluding hydrogens is 308 g/mol. The molecule has 0 radical (unpaired) electrons. The standard InChI is InChI=1S/C10H9BrN2O3S/c1-2-16-7(14)3-13-5-12-9-8(10(13)15)6(11)4-17-9/h4-5H,2-3H2,1H3. The van der Waals surface area contributed by atoms with Crippen molar-refractivity contribution in [1.82, 2.24) is 9.55 Å². The molecule has 0 aliphatic carbocycles. The van der Waals surface area contributed by atoms with Crippen LogP contribution in [0.2, 0.25) is 0 Å². The molecule has 0 saturated heterocycles. The fourth-order valence-corrected chi connectivity index (χ4v) is 2.92. The van der Waals surface area contributed by atoms with Crippen molar-refractivity contribution in [3.05, 3.63) is 26.5 Å². The van der Waals surface area contributed by atoms with Gasteiger partial charge in [-0.25, -0.2) is 4.98 Å². The van der Waals surface area contributed by atoms with Gasteiger partial charge in [0.05, 0.1) is 18.3 Å². The normalized spacial score (nSPS) is 10.7. The van der Waals surface area contributed by atoms with Crippen LogP contribution in [-0.4, -0.2) is 22.1 Å². The van der Waals surface area contributed by atoms with E-state index in [-0.39, 0.29) is 12.1 Å². The fourth-order valence-electron chi connectivity index (χ4n) is 1.39. The van der Waals surface area contributed by atoms with E-state index < -0.39 is 5.97 Å². The Morgan fingerprint density at radius 3 is 3.12 bits per heavy atom. The molecule has 0 N–H and O–H groups in total. The van der Waals surface area contributed by atoms with Crippen molar-refractivity contribution in [1.29, 1.82) is 0 Å². The Morgan fingerprint density at radius 1 is 1.65 bits per heavy atom. The third-order valence-electron chi connectivity index (χ3n) is 2.12. The van der Waals surface area contributed by atoms with Gasteiger partial charge in [-0.2, -0.15) is 0 Å². The molecule has 0 fully saturated rings. The van der Waals surface area contributed by atoms with Crippen LogP contribution in [0.1, 0.15) is 6.92 Å². The summed E-state index contributed by atoms with van der Waals surface area (Å²) in [4.78, 5) is 28.1. The lowest BCUT2D eigenvalue weighted by Crippen LogP contribution is -2.25. The molecule has 0 spiro atoms. The predicted molar refractivity (Wildman–Crippen MR) is 68.2 cm³/mol. The highest BCUT2D eigenvalue weighted by atomic mass is 79.9. The van der Waals surface area contributed by atoms with Gasteiger partial charge in [0.1, 0.15) is 11.4 Å². The summed E-state index contributed by atoms with van der Waals surface area (Å²) in [5, 5.41) is 2.30. The van der Waals surface area contributed by atoms with Crippen LogP contribution in [0.5, 0.6) is 0 Å².